The maximum absolute atomic E-state index is 14.7. The SMILES string of the molecule is N/C(=C\C=C(/N)n1ccnc1)c1cc(OCCCOc2cc(/C=C/C=C(\N)N3CCNCC3)c(C(=O)O)cc2F)c(F)cc1C(=O)O. The van der Waals surface area contributed by atoms with Crippen molar-refractivity contribution < 1.29 is 38.1 Å². The number of aromatic nitrogens is 2. The number of piperazine rings is 1. The van der Waals surface area contributed by atoms with Gasteiger partial charge in [-0.1, -0.05) is 12.2 Å². The fourth-order valence-corrected chi connectivity index (χ4v) is 4.55. The zero-order valence-corrected chi connectivity index (χ0v) is 25.2. The van der Waals surface area contributed by atoms with Crippen LogP contribution in [-0.4, -0.2) is 76.0 Å². The molecule has 13 nitrogen and oxygen atoms in total. The number of halogens is 2. The minimum atomic E-state index is -1.40. The van der Waals surface area contributed by atoms with E-state index in [0.717, 1.165) is 38.3 Å². The number of aromatic carboxylic acids is 2. The summed E-state index contributed by atoms with van der Waals surface area (Å²) >= 11 is 0. The molecule has 1 saturated heterocycles. The molecule has 1 aliphatic rings. The van der Waals surface area contributed by atoms with Gasteiger partial charge in [0.15, 0.2) is 23.1 Å². The molecule has 0 atom stereocenters. The lowest BCUT2D eigenvalue weighted by Gasteiger charge is -2.29. The fraction of sp³-hybridized carbons (Fsp3) is 0.219. The second-order valence-electron chi connectivity index (χ2n) is 10.2. The molecular formula is C32H35F2N7O6. The second-order valence-corrected chi connectivity index (χ2v) is 10.2. The zero-order chi connectivity index (χ0) is 33.9. The van der Waals surface area contributed by atoms with Crippen LogP contribution in [0.5, 0.6) is 11.5 Å². The number of allylic oxidation sites excluding steroid dienone is 4. The highest BCUT2D eigenvalue weighted by molar-refractivity contribution is 5.94. The van der Waals surface area contributed by atoms with E-state index in [0.29, 0.717) is 5.82 Å². The van der Waals surface area contributed by atoms with E-state index in [-0.39, 0.29) is 64.9 Å². The average molecular weight is 652 g/mol. The predicted molar refractivity (Wildman–Crippen MR) is 171 cm³/mol. The first kappa shape index (κ1) is 34.1. The van der Waals surface area contributed by atoms with Gasteiger partial charge in [0.05, 0.1) is 30.2 Å². The van der Waals surface area contributed by atoms with E-state index in [4.69, 9.17) is 26.7 Å². The van der Waals surface area contributed by atoms with Crippen molar-refractivity contribution in [3.63, 3.8) is 0 Å². The van der Waals surface area contributed by atoms with E-state index >= 15 is 0 Å². The van der Waals surface area contributed by atoms with E-state index in [1.807, 2.05) is 4.90 Å². The Morgan fingerprint density at radius 2 is 1.51 bits per heavy atom. The lowest BCUT2D eigenvalue weighted by molar-refractivity contribution is 0.0685. The molecule has 47 heavy (non-hydrogen) atoms. The Balaban J connectivity index is 1.41. The number of benzene rings is 2. The van der Waals surface area contributed by atoms with E-state index < -0.39 is 23.6 Å². The quantitative estimate of drug-likeness (QED) is 0.110. The Hall–Kier alpha value is -5.83. The van der Waals surface area contributed by atoms with Gasteiger partial charge in [-0.15, -0.1) is 0 Å². The van der Waals surface area contributed by atoms with Crippen molar-refractivity contribution in [1.29, 1.82) is 0 Å². The third kappa shape index (κ3) is 9.11. The average Bonchev–Trinajstić information content (AvgIpc) is 3.60. The van der Waals surface area contributed by atoms with Crippen LogP contribution < -0.4 is 32.0 Å². The normalized spacial score (nSPS) is 14.4. The summed E-state index contributed by atoms with van der Waals surface area (Å²) in [5.41, 5.74) is 17.8. The number of hydrogen-bond acceptors (Lipinski definition) is 10. The van der Waals surface area contributed by atoms with Crippen molar-refractivity contribution in [1.82, 2.24) is 19.8 Å². The van der Waals surface area contributed by atoms with E-state index in [1.165, 1.54) is 47.5 Å². The van der Waals surface area contributed by atoms with Gasteiger partial charge in [0, 0.05) is 56.3 Å². The number of ether oxygens (including phenoxy) is 2. The number of nitrogens with zero attached hydrogens (tertiary/aromatic N) is 3. The van der Waals surface area contributed by atoms with Crippen LogP contribution >= 0.6 is 0 Å². The van der Waals surface area contributed by atoms with Crippen molar-refractivity contribution in [3.05, 3.63) is 107 Å². The Kier molecular flexibility index (Phi) is 11.6. The van der Waals surface area contributed by atoms with Crippen molar-refractivity contribution in [2.45, 2.75) is 6.42 Å². The van der Waals surface area contributed by atoms with E-state index in [1.54, 1.807) is 18.3 Å². The molecule has 1 aromatic heterocycles. The molecule has 248 valence electrons. The first-order chi connectivity index (χ1) is 22.5. The Morgan fingerprint density at radius 3 is 2.13 bits per heavy atom. The van der Waals surface area contributed by atoms with Crippen molar-refractivity contribution >= 4 is 29.5 Å². The fourth-order valence-electron chi connectivity index (χ4n) is 4.55. The highest BCUT2D eigenvalue weighted by atomic mass is 19.1. The number of carboxylic acid groups (broad SMARTS) is 2. The minimum Gasteiger partial charge on any atom is -0.490 e. The molecule has 4 rings (SSSR count). The van der Waals surface area contributed by atoms with Crippen LogP contribution in [0.25, 0.3) is 17.6 Å². The Bertz CT molecular complexity index is 1710. The molecule has 3 aromatic rings. The minimum absolute atomic E-state index is 0.00513. The molecule has 0 radical (unpaired) electrons. The number of imidazole rings is 1. The van der Waals surface area contributed by atoms with Crippen molar-refractivity contribution in [2.75, 3.05) is 39.4 Å². The van der Waals surface area contributed by atoms with E-state index in [9.17, 15) is 28.6 Å². The summed E-state index contributed by atoms with van der Waals surface area (Å²) in [5, 5.41) is 22.4. The molecule has 9 N–H and O–H groups in total. The third-order valence-electron chi connectivity index (χ3n) is 7.01. The number of hydrogen-bond donors (Lipinski definition) is 6. The van der Waals surface area contributed by atoms with Crippen LogP contribution in [-0.2, 0) is 0 Å². The molecule has 0 unspecified atom stereocenters. The highest BCUT2D eigenvalue weighted by Crippen LogP contribution is 2.27. The first-order valence-corrected chi connectivity index (χ1v) is 14.5. The zero-order valence-electron chi connectivity index (χ0n) is 25.2. The molecule has 15 heteroatoms. The third-order valence-corrected chi connectivity index (χ3v) is 7.01. The van der Waals surface area contributed by atoms with Gasteiger partial charge in [-0.25, -0.2) is 23.4 Å². The number of nitrogens with one attached hydrogen (secondary N) is 1. The van der Waals surface area contributed by atoms with Gasteiger partial charge >= 0.3 is 11.9 Å². The summed E-state index contributed by atoms with van der Waals surface area (Å²) in [6, 6.07) is 4.10. The van der Waals surface area contributed by atoms with Crippen LogP contribution in [0.15, 0.2) is 73.1 Å². The molecule has 1 fully saturated rings. The monoisotopic (exact) mass is 651 g/mol. The second kappa shape index (κ2) is 15.9. The van der Waals surface area contributed by atoms with Gasteiger partial charge in [0.1, 0.15) is 12.1 Å². The molecule has 1 aliphatic heterocycles. The maximum Gasteiger partial charge on any atom is 0.336 e. The number of nitrogens with two attached hydrogens (primary N) is 3. The molecule has 0 saturated carbocycles. The summed E-state index contributed by atoms with van der Waals surface area (Å²) in [6.07, 6.45) is 12.3. The highest BCUT2D eigenvalue weighted by Gasteiger charge is 2.18. The summed E-state index contributed by atoms with van der Waals surface area (Å²) < 4.78 is 42.0. The van der Waals surface area contributed by atoms with Crippen molar-refractivity contribution in [2.24, 2.45) is 17.2 Å². The van der Waals surface area contributed by atoms with Crippen LogP contribution in [0, 0.1) is 11.6 Å². The largest absolute Gasteiger partial charge is 0.490 e. The maximum atomic E-state index is 14.7. The molecular weight excluding hydrogens is 616 g/mol. The molecule has 2 aromatic carbocycles. The van der Waals surface area contributed by atoms with Gasteiger partial charge in [0.25, 0.3) is 0 Å². The lowest BCUT2D eigenvalue weighted by atomic mass is 10.0. The van der Waals surface area contributed by atoms with Gasteiger partial charge in [-0.05, 0) is 48.1 Å². The Labute approximate surface area is 268 Å². The molecule has 2 heterocycles. The standard InChI is InChI=1S/C32H35F2N7O6/c33-24-16-21(31(42)43)20(3-1-4-29(36)40-10-7-38-8-11-40)15-27(24)46-13-2-14-47-28-18-22(23(32(44)45)17-25(28)34)26(35)5-6-30(37)41-12-9-39-19-41/h1,3-6,9,12,15-19,38H,2,7-8,10-11,13-14,35-37H2,(H,42,43)(H,44,45)/b3-1+,26-5-,29-4+,30-6+. The number of carbonyl (C=O) groups is 2. The van der Waals surface area contributed by atoms with Gasteiger partial charge in [0.2, 0.25) is 0 Å². The molecule has 0 bridgehead atoms. The smallest absolute Gasteiger partial charge is 0.336 e. The molecule has 0 aliphatic carbocycles. The van der Waals surface area contributed by atoms with Crippen LogP contribution in [0.4, 0.5) is 8.78 Å². The summed E-state index contributed by atoms with van der Waals surface area (Å²) in [7, 11) is 0. The lowest BCUT2D eigenvalue weighted by Crippen LogP contribution is -2.44. The predicted octanol–water partition coefficient (Wildman–Crippen LogP) is 2.88. The van der Waals surface area contributed by atoms with Crippen molar-refractivity contribution in [3.8, 4) is 11.5 Å². The van der Waals surface area contributed by atoms with Crippen LogP contribution in [0.1, 0.15) is 38.3 Å². The number of carboxylic acids is 2. The van der Waals surface area contributed by atoms with Crippen LogP contribution in [0.2, 0.25) is 0 Å². The molecule has 0 spiro atoms. The van der Waals surface area contributed by atoms with Gasteiger partial charge in [-0.3, -0.25) is 4.57 Å². The number of rotatable bonds is 14. The topological polar surface area (TPSA) is 204 Å². The summed E-state index contributed by atoms with van der Waals surface area (Å²) in [6.45, 7) is 2.92. The van der Waals surface area contributed by atoms with Crippen LogP contribution in [0.3, 0.4) is 0 Å². The van der Waals surface area contributed by atoms with E-state index in [2.05, 4.69) is 10.3 Å². The van der Waals surface area contributed by atoms with Gasteiger partial charge in [-0.2, -0.15) is 0 Å². The molecule has 0 amide bonds. The first-order valence-electron chi connectivity index (χ1n) is 14.5. The van der Waals surface area contributed by atoms with Gasteiger partial charge < -0.3 is 47.1 Å². The summed E-state index contributed by atoms with van der Waals surface area (Å²) in [4.78, 5) is 29.4. The Morgan fingerprint density at radius 1 is 0.872 bits per heavy atom. The summed E-state index contributed by atoms with van der Waals surface area (Å²) in [5.74, 6) is -4.18.